The Kier molecular flexibility index (Phi) is 5.71. The molecular weight excluding hydrogens is 230 g/mol. The maximum absolute atomic E-state index is 10.3. The number of nitrogens with one attached hydrogen (secondary N) is 2. The third-order valence-electron chi connectivity index (χ3n) is 2.48. The highest BCUT2D eigenvalue weighted by Crippen LogP contribution is 2.20. The fraction of sp³-hybridized carbons (Fsp3) is 0.615. The van der Waals surface area contributed by atoms with Gasteiger partial charge >= 0.3 is 0 Å². The number of aliphatic imine (C=N–C) groups is 1. The molecule has 1 atom stereocenters. The summed E-state index contributed by atoms with van der Waals surface area (Å²) < 4.78 is 5.21. The summed E-state index contributed by atoms with van der Waals surface area (Å²) in [6.45, 7) is 7.69. The third-order valence-corrected chi connectivity index (χ3v) is 2.48. The molecule has 18 heavy (non-hydrogen) atoms. The normalized spacial score (nSPS) is 15.2. The van der Waals surface area contributed by atoms with E-state index in [0.29, 0.717) is 11.7 Å². The molecule has 0 aliphatic rings. The van der Waals surface area contributed by atoms with Gasteiger partial charge in [-0.2, -0.15) is 0 Å². The van der Waals surface area contributed by atoms with Gasteiger partial charge in [0.1, 0.15) is 11.4 Å². The van der Waals surface area contributed by atoms with Gasteiger partial charge < -0.3 is 20.2 Å². The van der Waals surface area contributed by atoms with Gasteiger partial charge in [0.15, 0.2) is 5.96 Å². The molecule has 0 fully saturated rings. The van der Waals surface area contributed by atoms with Crippen molar-refractivity contribution in [2.75, 3.05) is 19.6 Å². The highest BCUT2D eigenvalue weighted by Gasteiger charge is 2.25. The van der Waals surface area contributed by atoms with E-state index in [9.17, 15) is 5.11 Å². The molecule has 0 aliphatic heterocycles. The van der Waals surface area contributed by atoms with Crippen molar-refractivity contribution in [3.05, 3.63) is 24.2 Å². The second-order valence-electron chi connectivity index (χ2n) is 4.37. The Morgan fingerprint density at radius 3 is 2.78 bits per heavy atom. The first-order valence-corrected chi connectivity index (χ1v) is 6.38. The summed E-state index contributed by atoms with van der Waals surface area (Å²) in [5, 5.41) is 16.6. The van der Waals surface area contributed by atoms with Gasteiger partial charge in [-0.15, -0.1) is 0 Å². The Hall–Kier alpha value is -1.49. The van der Waals surface area contributed by atoms with Crippen LogP contribution in [0.3, 0.4) is 0 Å². The zero-order valence-electron chi connectivity index (χ0n) is 11.4. The SMILES string of the molecule is CCCNC(=NCC(C)(O)c1ccco1)NCC. The van der Waals surface area contributed by atoms with Crippen LogP contribution in [0.1, 0.15) is 33.0 Å². The predicted molar refractivity (Wildman–Crippen MR) is 72.6 cm³/mol. The van der Waals surface area contributed by atoms with E-state index in [-0.39, 0.29) is 6.54 Å². The van der Waals surface area contributed by atoms with Gasteiger partial charge in [0, 0.05) is 13.1 Å². The van der Waals surface area contributed by atoms with Gasteiger partial charge in [0.05, 0.1) is 12.8 Å². The van der Waals surface area contributed by atoms with Crippen molar-refractivity contribution in [3.8, 4) is 0 Å². The van der Waals surface area contributed by atoms with Crippen LogP contribution in [0.25, 0.3) is 0 Å². The summed E-state index contributed by atoms with van der Waals surface area (Å²) in [4.78, 5) is 4.36. The summed E-state index contributed by atoms with van der Waals surface area (Å²) in [6.07, 6.45) is 2.58. The standard InChI is InChI=1S/C13H23N3O2/c1-4-8-15-12(14-5-2)16-10-13(3,17)11-7-6-9-18-11/h6-7,9,17H,4-5,8,10H2,1-3H3,(H2,14,15,16). The van der Waals surface area contributed by atoms with Gasteiger partial charge in [-0.05, 0) is 32.4 Å². The molecule has 0 spiro atoms. The third kappa shape index (κ3) is 4.41. The van der Waals surface area contributed by atoms with E-state index in [1.54, 1.807) is 25.3 Å². The van der Waals surface area contributed by atoms with Crippen molar-refractivity contribution in [2.24, 2.45) is 4.99 Å². The molecule has 1 aromatic heterocycles. The minimum absolute atomic E-state index is 0.250. The van der Waals surface area contributed by atoms with Crippen LogP contribution >= 0.6 is 0 Å². The van der Waals surface area contributed by atoms with Crippen LogP contribution in [0.15, 0.2) is 27.8 Å². The van der Waals surface area contributed by atoms with Crippen molar-refractivity contribution in [1.29, 1.82) is 0 Å². The monoisotopic (exact) mass is 253 g/mol. The van der Waals surface area contributed by atoms with E-state index in [1.165, 1.54) is 0 Å². The molecule has 0 saturated heterocycles. The van der Waals surface area contributed by atoms with Gasteiger partial charge in [-0.1, -0.05) is 6.92 Å². The minimum Gasteiger partial charge on any atom is -0.466 e. The summed E-state index contributed by atoms with van der Waals surface area (Å²) in [5.41, 5.74) is -1.09. The molecule has 1 heterocycles. The van der Waals surface area contributed by atoms with E-state index in [2.05, 4.69) is 22.5 Å². The predicted octanol–water partition coefficient (Wildman–Crippen LogP) is 1.45. The lowest BCUT2D eigenvalue weighted by atomic mass is 10.0. The van der Waals surface area contributed by atoms with Crippen LogP contribution in [0.5, 0.6) is 0 Å². The fourth-order valence-electron chi connectivity index (χ4n) is 1.48. The topological polar surface area (TPSA) is 69.8 Å². The van der Waals surface area contributed by atoms with Crippen molar-refractivity contribution in [3.63, 3.8) is 0 Å². The maximum atomic E-state index is 10.3. The molecule has 0 amide bonds. The van der Waals surface area contributed by atoms with Crippen molar-refractivity contribution in [1.82, 2.24) is 10.6 Å². The zero-order chi connectivity index (χ0) is 13.4. The average molecular weight is 253 g/mol. The second-order valence-corrected chi connectivity index (χ2v) is 4.37. The van der Waals surface area contributed by atoms with Crippen LogP contribution in [0.4, 0.5) is 0 Å². The molecule has 0 bridgehead atoms. The van der Waals surface area contributed by atoms with Crippen molar-refractivity contribution in [2.45, 2.75) is 32.8 Å². The molecule has 0 radical (unpaired) electrons. The number of rotatable bonds is 6. The van der Waals surface area contributed by atoms with Crippen LogP contribution in [-0.4, -0.2) is 30.7 Å². The fourth-order valence-corrected chi connectivity index (χ4v) is 1.48. The molecule has 1 unspecified atom stereocenters. The highest BCUT2D eigenvalue weighted by atomic mass is 16.4. The van der Waals surface area contributed by atoms with Gasteiger partial charge in [0.2, 0.25) is 0 Å². The first-order chi connectivity index (χ1) is 8.60. The lowest BCUT2D eigenvalue weighted by Crippen LogP contribution is -2.39. The summed E-state index contributed by atoms with van der Waals surface area (Å²) >= 11 is 0. The maximum Gasteiger partial charge on any atom is 0.191 e. The number of hydrogen-bond acceptors (Lipinski definition) is 3. The molecule has 102 valence electrons. The molecule has 1 rings (SSSR count). The summed E-state index contributed by atoms with van der Waals surface area (Å²) in [5.74, 6) is 1.24. The molecule has 5 nitrogen and oxygen atoms in total. The van der Waals surface area contributed by atoms with Crippen LogP contribution in [-0.2, 0) is 5.60 Å². The first kappa shape index (κ1) is 14.6. The van der Waals surface area contributed by atoms with E-state index in [0.717, 1.165) is 19.5 Å². The molecule has 0 aliphatic carbocycles. The molecular formula is C13H23N3O2. The Balaban J connectivity index is 2.63. The Bertz CT molecular complexity index is 358. The van der Waals surface area contributed by atoms with Crippen molar-refractivity contribution >= 4 is 5.96 Å². The lowest BCUT2D eigenvalue weighted by molar-refractivity contribution is 0.0437. The molecule has 0 saturated carbocycles. The Morgan fingerprint density at radius 1 is 1.44 bits per heavy atom. The Morgan fingerprint density at radius 2 is 2.22 bits per heavy atom. The number of guanidine groups is 1. The van der Waals surface area contributed by atoms with E-state index < -0.39 is 5.60 Å². The lowest BCUT2D eigenvalue weighted by Gasteiger charge is -2.19. The molecule has 1 aromatic rings. The smallest absolute Gasteiger partial charge is 0.191 e. The average Bonchev–Trinajstić information content (AvgIpc) is 2.87. The number of nitrogens with zero attached hydrogens (tertiary/aromatic N) is 1. The van der Waals surface area contributed by atoms with Gasteiger partial charge in [-0.25, -0.2) is 4.99 Å². The van der Waals surface area contributed by atoms with E-state index in [4.69, 9.17) is 4.42 Å². The number of aliphatic hydroxyl groups is 1. The Labute approximate surface area is 108 Å². The van der Waals surface area contributed by atoms with Gasteiger partial charge in [0.25, 0.3) is 0 Å². The summed E-state index contributed by atoms with van der Waals surface area (Å²) in [7, 11) is 0. The number of hydrogen-bond donors (Lipinski definition) is 3. The molecule has 5 heteroatoms. The van der Waals surface area contributed by atoms with Crippen LogP contribution < -0.4 is 10.6 Å². The zero-order valence-corrected chi connectivity index (χ0v) is 11.4. The molecule has 0 aromatic carbocycles. The second kappa shape index (κ2) is 7.06. The van der Waals surface area contributed by atoms with Crippen LogP contribution in [0.2, 0.25) is 0 Å². The van der Waals surface area contributed by atoms with E-state index >= 15 is 0 Å². The summed E-state index contributed by atoms with van der Waals surface area (Å²) in [6, 6.07) is 3.51. The first-order valence-electron chi connectivity index (χ1n) is 6.38. The van der Waals surface area contributed by atoms with Crippen LogP contribution in [0, 0.1) is 0 Å². The van der Waals surface area contributed by atoms with E-state index in [1.807, 2.05) is 6.92 Å². The quantitative estimate of drug-likeness (QED) is 0.530. The van der Waals surface area contributed by atoms with Gasteiger partial charge in [-0.3, -0.25) is 0 Å². The largest absolute Gasteiger partial charge is 0.466 e. The molecule has 3 N–H and O–H groups in total. The highest BCUT2D eigenvalue weighted by molar-refractivity contribution is 5.79. The minimum atomic E-state index is -1.09. The van der Waals surface area contributed by atoms with Crippen molar-refractivity contribution < 1.29 is 9.52 Å². The number of furan rings is 1.